The van der Waals surface area contributed by atoms with E-state index < -0.39 is 23.1 Å². The van der Waals surface area contributed by atoms with Crippen LogP contribution in [0.2, 0.25) is 0 Å². The van der Waals surface area contributed by atoms with Gasteiger partial charge in [-0.05, 0) is 56.9 Å². The van der Waals surface area contributed by atoms with Crippen LogP contribution in [0.5, 0.6) is 0 Å². The number of nitrogens with zero attached hydrogens (tertiary/aromatic N) is 2. The third kappa shape index (κ3) is 4.80. The van der Waals surface area contributed by atoms with E-state index in [1.54, 1.807) is 6.07 Å². The summed E-state index contributed by atoms with van der Waals surface area (Å²) in [4.78, 5) is 31.6. The first kappa shape index (κ1) is 22.3. The van der Waals surface area contributed by atoms with Crippen molar-refractivity contribution in [3.05, 3.63) is 64.5 Å². The van der Waals surface area contributed by atoms with Crippen molar-refractivity contribution in [2.45, 2.75) is 44.6 Å². The number of rotatable bonds is 5. The number of pyridine rings is 1. The summed E-state index contributed by atoms with van der Waals surface area (Å²) < 4.78 is 33.6. The number of amides is 2. The number of ether oxygens (including phenoxy) is 1. The van der Waals surface area contributed by atoms with Crippen LogP contribution in [0.3, 0.4) is 0 Å². The average molecular weight is 443 g/mol. The molecular formula is C24H27F2N3O3. The minimum absolute atomic E-state index is 0.0205. The number of aromatic nitrogens is 1. The number of nitrogens with one attached hydrogen (secondary N) is 1. The Hall–Kier alpha value is -2.87. The fourth-order valence-electron chi connectivity index (χ4n) is 4.40. The number of carbonyl (C=O) groups excluding carboxylic acids is 2. The lowest BCUT2D eigenvalue weighted by Gasteiger charge is -2.32. The third-order valence-electron chi connectivity index (χ3n) is 6.17. The Morgan fingerprint density at radius 3 is 2.50 bits per heavy atom. The largest absolute Gasteiger partial charge is 0.376 e. The van der Waals surface area contributed by atoms with E-state index in [2.05, 4.69) is 10.3 Å². The second-order valence-electron chi connectivity index (χ2n) is 8.39. The molecule has 0 spiro atoms. The van der Waals surface area contributed by atoms with Crippen molar-refractivity contribution in [3.8, 4) is 0 Å². The Morgan fingerprint density at radius 2 is 1.84 bits per heavy atom. The van der Waals surface area contributed by atoms with Crippen molar-refractivity contribution in [1.29, 1.82) is 0 Å². The molecule has 0 aliphatic carbocycles. The van der Waals surface area contributed by atoms with Crippen LogP contribution < -0.4 is 5.32 Å². The molecule has 2 saturated heterocycles. The zero-order valence-corrected chi connectivity index (χ0v) is 18.1. The van der Waals surface area contributed by atoms with E-state index in [1.165, 1.54) is 11.0 Å². The van der Waals surface area contributed by atoms with Gasteiger partial charge in [0.25, 0.3) is 11.8 Å². The summed E-state index contributed by atoms with van der Waals surface area (Å²) in [5, 5.41) is 2.95. The van der Waals surface area contributed by atoms with Gasteiger partial charge in [0, 0.05) is 37.9 Å². The molecule has 170 valence electrons. The fourth-order valence-corrected chi connectivity index (χ4v) is 4.40. The number of halogens is 2. The Bertz CT molecular complexity index is 980. The first-order valence-corrected chi connectivity index (χ1v) is 11.0. The summed E-state index contributed by atoms with van der Waals surface area (Å²) in [7, 11) is 0. The van der Waals surface area contributed by atoms with Crippen molar-refractivity contribution in [3.63, 3.8) is 0 Å². The molecule has 6 nitrogen and oxygen atoms in total. The molecule has 1 N–H and O–H groups in total. The molecule has 1 atom stereocenters. The Balaban J connectivity index is 1.44. The normalized spacial score (nSPS) is 19.2. The van der Waals surface area contributed by atoms with Crippen LogP contribution in [0.15, 0.2) is 30.3 Å². The van der Waals surface area contributed by atoms with E-state index in [4.69, 9.17) is 4.74 Å². The van der Waals surface area contributed by atoms with E-state index in [1.807, 2.05) is 13.0 Å². The first-order chi connectivity index (χ1) is 15.4. The molecule has 0 saturated carbocycles. The lowest BCUT2D eigenvalue weighted by atomic mass is 9.89. The van der Waals surface area contributed by atoms with Gasteiger partial charge < -0.3 is 15.0 Å². The Labute approximate surface area is 186 Å². The SMILES string of the molecule is Cc1ccc(C(=O)NCC2CCCO2)c(C2CCN(C(=O)c3c(F)cccc3F)CC2)n1. The van der Waals surface area contributed by atoms with Crippen LogP contribution >= 0.6 is 0 Å². The lowest BCUT2D eigenvalue weighted by molar-refractivity contribution is 0.0700. The molecule has 2 aliphatic rings. The van der Waals surface area contributed by atoms with Gasteiger partial charge in [-0.15, -0.1) is 0 Å². The van der Waals surface area contributed by atoms with Gasteiger partial charge in [-0.25, -0.2) is 8.78 Å². The molecule has 3 heterocycles. The van der Waals surface area contributed by atoms with E-state index in [0.29, 0.717) is 43.7 Å². The quantitative estimate of drug-likeness (QED) is 0.767. The van der Waals surface area contributed by atoms with Gasteiger partial charge in [0.05, 0.1) is 17.4 Å². The minimum Gasteiger partial charge on any atom is -0.376 e. The third-order valence-corrected chi connectivity index (χ3v) is 6.17. The fraction of sp³-hybridized carbons (Fsp3) is 0.458. The molecule has 32 heavy (non-hydrogen) atoms. The van der Waals surface area contributed by atoms with Gasteiger partial charge in [-0.1, -0.05) is 6.07 Å². The monoisotopic (exact) mass is 443 g/mol. The summed E-state index contributed by atoms with van der Waals surface area (Å²) in [5.74, 6) is -2.57. The standard InChI is InChI=1S/C24H27F2N3O3/c1-15-7-8-18(23(30)27-14-17-4-3-13-32-17)22(28-15)16-9-11-29(12-10-16)24(31)21-19(25)5-2-6-20(21)26/h2,5-8,16-17H,3-4,9-14H2,1H3,(H,27,30). The zero-order valence-electron chi connectivity index (χ0n) is 18.1. The van der Waals surface area contributed by atoms with Crippen molar-refractivity contribution < 1.29 is 23.1 Å². The van der Waals surface area contributed by atoms with Crippen LogP contribution in [0.1, 0.15) is 63.7 Å². The summed E-state index contributed by atoms with van der Waals surface area (Å²) in [5.41, 5.74) is 1.52. The summed E-state index contributed by atoms with van der Waals surface area (Å²) >= 11 is 0. The molecule has 2 fully saturated rings. The summed E-state index contributed by atoms with van der Waals surface area (Å²) in [6.45, 7) is 3.74. The number of likely N-dealkylation sites (tertiary alicyclic amines) is 1. The number of benzene rings is 1. The average Bonchev–Trinajstić information content (AvgIpc) is 3.31. The number of aryl methyl sites for hydroxylation is 1. The first-order valence-electron chi connectivity index (χ1n) is 11.0. The van der Waals surface area contributed by atoms with Crippen molar-refractivity contribution >= 4 is 11.8 Å². The number of carbonyl (C=O) groups is 2. The predicted octanol–water partition coefficient (Wildman–Crippen LogP) is 3.60. The maximum atomic E-state index is 14.0. The summed E-state index contributed by atoms with van der Waals surface area (Å²) in [6.07, 6.45) is 3.11. The maximum absolute atomic E-state index is 14.0. The van der Waals surface area contributed by atoms with Gasteiger partial charge in [-0.3, -0.25) is 14.6 Å². The van der Waals surface area contributed by atoms with Gasteiger partial charge >= 0.3 is 0 Å². The topological polar surface area (TPSA) is 71.5 Å². The van der Waals surface area contributed by atoms with Gasteiger partial charge in [-0.2, -0.15) is 0 Å². The second kappa shape index (κ2) is 9.73. The van der Waals surface area contributed by atoms with E-state index >= 15 is 0 Å². The second-order valence-corrected chi connectivity index (χ2v) is 8.39. The highest BCUT2D eigenvalue weighted by Crippen LogP contribution is 2.30. The van der Waals surface area contributed by atoms with E-state index in [0.717, 1.165) is 37.3 Å². The molecule has 2 aliphatic heterocycles. The summed E-state index contributed by atoms with van der Waals surface area (Å²) in [6, 6.07) is 7.00. The number of hydrogen-bond acceptors (Lipinski definition) is 4. The highest BCUT2D eigenvalue weighted by atomic mass is 19.1. The van der Waals surface area contributed by atoms with E-state index in [9.17, 15) is 18.4 Å². The molecule has 4 rings (SSSR count). The maximum Gasteiger partial charge on any atom is 0.259 e. The van der Waals surface area contributed by atoms with Crippen LogP contribution in [-0.4, -0.2) is 54.0 Å². The van der Waals surface area contributed by atoms with Gasteiger partial charge in [0.15, 0.2) is 0 Å². The van der Waals surface area contributed by atoms with Crippen molar-refractivity contribution in [2.75, 3.05) is 26.2 Å². The highest BCUT2D eigenvalue weighted by Gasteiger charge is 2.30. The molecule has 8 heteroatoms. The van der Waals surface area contributed by atoms with Gasteiger partial charge in [0.1, 0.15) is 17.2 Å². The van der Waals surface area contributed by atoms with Crippen LogP contribution in [-0.2, 0) is 4.74 Å². The molecule has 1 aromatic heterocycles. The van der Waals surface area contributed by atoms with E-state index in [-0.39, 0.29) is 17.9 Å². The molecule has 1 unspecified atom stereocenters. The molecule has 1 aromatic carbocycles. The molecule has 2 aromatic rings. The van der Waals surface area contributed by atoms with Crippen molar-refractivity contribution in [1.82, 2.24) is 15.2 Å². The number of piperidine rings is 1. The molecular weight excluding hydrogens is 416 g/mol. The zero-order chi connectivity index (χ0) is 22.7. The predicted molar refractivity (Wildman–Crippen MR) is 115 cm³/mol. The lowest BCUT2D eigenvalue weighted by Crippen LogP contribution is -2.39. The molecule has 0 bridgehead atoms. The Morgan fingerprint density at radius 1 is 1.12 bits per heavy atom. The molecule has 0 radical (unpaired) electrons. The number of hydrogen-bond donors (Lipinski definition) is 1. The van der Waals surface area contributed by atoms with Crippen molar-refractivity contribution in [2.24, 2.45) is 0 Å². The van der Waals surface area contributed by atoms with Crippen LogP contribution in [0.25, 0.3) is 0 Å². The highest BCUT2D eigenvalue weighted by molar-refractivity contribution is 5.96. The minimum atomic E-state index is -0.859. The van der Waals surface area contributed by atoms with Gasteiger partial charge in [0.2, 0.25) is 0 Å². The smallest absolute Gasteiger partial charge is 0.259 e. The van der Waals surface area contributed by atoms with Crippen LogP contribution in [0, 0.1) is 18.6 Å². The van der Waals surface area contributed by atoms with Crippen LogP contribution in [0.4, 0.5) is 8.78 Å². The molecule has 2 amide bonds. The Kier molecular flexibility index (Phi) is 6.79.